The molecule has 15 rings (SSSR count). The number of hydrogen-bond acceptors (Lipinski definition) is 26. The molecule has 106 heavy (non-hydrogen) atoms. The summed E-state index contributed by atoms with van der Waals surface area (Å²) >= 11 is 6.50. The van der Waals surface area contributed by atoms with Crippen molar-refractivity contribution in [1.82, 2.24) is 78.8 Å². The molecule has 14 aromatic heterocycles. The predicted molar refractivity (Wildman–Crippen MR) is 412 cm³/mol. The molecule has 0 unspecified atom stereocenters. The van der Waals surface area contributed by atoms with Crippen LogP contribution < -0.4 is 11.2 Å². The second kappa shape index (κ2) is 41.9. The molecule has 0 bridgehead atoms. The first kappa shape index (κ1) is 83.7. The molecule has 0 atom stereocenters. The summed E-state index contributed by atoms with van der Waals surface area (Å²) in [5.41, 5.74) is 11.9. The Morgan fingerprint density at radius 1 is 0.425 bits per heavy atom. The Bertz CT molecular complexity index is 4880. The SMILES string of the molecule is C1=CC(c2ccccn2)=NC1.CO.Cn1ccc(-c2ccccn2)n1.Cn1nc(-c2ccccn2)cc1-c1ccc([N+](=O)[O-])s1.Cn1nc(-c2ccccn2)cc1-c1ccc([N+](=O)[O-])s1.Cn1nc(-c2ccccn2)cc1B(O)O.Cn1nc(-c2ccccn2)cc1B(O)O.O=[N+]([O-])c1ccc(Br)s1.[CH3-].[HH].[Pd]. The molecule has 0 amide bonds. The topological polar surface area (TPSA) is 409 Å². The van der Waals surface area contributed by atoms with Crippen LogP contribution in [0.25, 0.3) is 78.1 Å². The molecule has 0 spiro atoms. The predicted octanol–water partition coefficient (Wildman–Crippen LogP) is 10.2. The van der Waals surface area contributed by atoms with Crippen molar-refractivity contribution in [1.29, 1.82) is 0 Å². The molecule has 31 nitrogen and oxygen atoms in total. The molecule has 5 N–H and O–H groups in total. The van der Waals surface area contributed by atoms with Crippen molar-refractivity contribution in [2.75, 3.05) is 13.7 Å². The molecule has 15 heterocycles. The van der Waals surface area contributed by atoms with E-state index in [2.05, 4.69) is 76.3 Å². The molecule has 38 heteroatoms. The number of aromatic nitrogens is 16. The van der Waals surface area contributed by atoms with E-state index in [-0.39, 0.29) is 54.1 Å². The van der Waals surface area contributed by atoms with Gasteiger partial charge in [-0.1, -0.05) is 76.5 Å². The summed E-state index contributed by atoms with van der Waals surface area (Å²) in [5, 5.41) is 96.4. The summed E-state index contributed by atoms with van der Waals surface area (Å²) in [7, 11) is 6.80. The first-order valence-corrected chi connectivity index (χ1v) is 33.8. The van der Waals surface area contributed by atoms with Gasteiger partial charge in [0, 0.05) is 126 Å². The van der Waals surface area contributed by atoms with Crippen LogP contribution >= 0.6 is 49.9 Å². The second-order valence-electron chi connectivity index (χ2n) is 20.9. The summed E-state index contributed by atoms with van der Waals surface area (Å²) in [5.74, 6) is 0. The summed E-state index contributed by atoms with van der Waals surface area (Å²) in [6.07, 6.45) is 16.2. The van der Waals surface area contributed by atoms with Gasteiger partial charge in [0.2, 0.25) is 0 Å². The van der Waals surface area contributed by atoms with Gasteiger partial charge in [-0.05, 0) is 143 Å². The number of allylic oxidation sites excluding steroid dienone is 1. The number of aliphatic hydroxyl groups is 1. The third-order valence-electron chi connectivity index (χ3n) is 13.8. The quantitative estimate of drug-likeness (QED) is 0.0310. The molecule has 1 aliphatic heterocycles. The van der Waals surface area contributed by atoms with Gasteiger partial charge >= 0.3 is 29.2 Å². The summed E-state index contributed by atoms with van der Waals surface area (Å²) in [4.78, 5) is 61.3. The molecule has 0 fully saturated rings. The van der Waals surface area contributed by atoms with Crippen molar-refractivity contribution in [3.63, 3.8) is 0 Å². The zero-order valence-corrected chi connectivity index (χ0v) is 62.9. The van der Waals surface area contributed by atoms with Crippen molar-refractivity contribution in [3.05, 3.63) is 279 Å². The van der Waals surface area contributed by atoms with Gasteiger partial charge in [-0.3, -0.25) is 88.6 Å². The Kier molecular flexibility index (Phi) is 33.1. The monoisotopic (exact) mass is 1640 g/mol. The number of rotatable bonds is 13. The van der Waals surface area contributed by atoms with Crippen LogP contribution in [-0.2, 0) is 55.7 Å². The smallest absolute Gasteiger partial charge is 0.422 e. The molecule has 14 aromatic rings. The van der Waals surface area contributed by atoms with Crippen molar-refractivity contribution < 1.29 is 61.8 Å². The minimum absolute atomic E-state index is 0. The molecular formula is C68H68B2BrN20O11PdS3-. The number of aryl methyl sites for hydroxylation is 5. The fourth-order valence-electron chi connectivity index (χ4n) is 9.04. The van der Waals surface area contributed by atoms with Gasteiger partial charge < -0.3 is 32.6 Å². The molecule has 1 aliphatic rings. The first-order valence-electron chi connectivity index (χ1n) is 30.6. The largest absolute Gasteiger partial charge is 0.507 e. The third-order valence-corrected chi connectivity index (χ3v) is 17.5. The van der Waals surface area contributed by atoms with Gasteiger partial charge in [0.25, 0.3) is 0 Å². The number of hydrogen-bond donors (Lipinski definition) is 5. The maximum absolute atomic E-state index is 10.7. The van der Waals surface area contributed by atoms with Crippen molar-refractivity contribution in [2.24, 2.45) is 40.2 Å². The Morgan fingerprint density at radius 3 is 1.02 bits per heavy atom. The number of thiophene rings is 3. The zero-order valence-electron chi connectivity index (χ0n) is 57.3. The van der Waals surface area contributed by atoms with E-state index in [1.807, 2.05) is 167 Å². The molecule has 0 aliphatic carbocycles. The number of nitro groups is 3. The molecular weight excluding hydrogens is 1580 g/mol. The Labute approximate surface area is 643 Å². The van der Waals surface area contributed by atoms with E-state index in [1.165, 1.54) is 27.6 Å². The van der Waals surface area contributed by atoms with Gasteiger partial charge in [0.15, 0.2) is 0 Å². The van der Waals surface area contributed by atoms with Crippen LogP contribution in [0, 0.1) is 37.8 Å². The maximum atomic E-state index is 10.7. The van der Waals surface area contributed by atoms with E-state index in [4.69, 9.17) is 25.2 Å². The Balaban J connectivity index is 0.000000225. The normalized spacial score (nSPS) is 10.5. The van der Waals surface area contributed by atoms with E-state index in [9.17, 15) is 30.3 Å². The van der Waals surface area contributed by atoms with Crippen molar-refractivity contribution >= 4 is 96.1 Å². The van der Waals surface area contributed by atoms with Crippen molar-refractivity contribution in [2.45, 2.75) is 0 Å². The van der Waals surface area contributed by atoms with Crippen LogP contribution in [0.5, 0.6) is 0 Å². The molecule has 0 saturated carbocycles. The molecule has 548 valence electrons. The van der Waals surface area contributed by atoms with Crippen LogP contribution in [0.2, 0.25) is 0 Å². The molecule has 0 aromatic carbocycles. The zero-order chi connectivity index (χ0) is 74.7. The number of halogens is 1. The van der Waals surface area contributed by atoms with Gasteiger partial charge in [0.05, 0.1) is 97.3 Å². The van der Waals surface area contributed by atoms with Crippen LogP contribution in [0.1, 0.15) is 7.12 Å². The summed E-state index contributed by atoms with van der Waals surface area (Å²) in [6, 6.07) is 52.4. The molecule has 0 radical (unpaired) electrons. The number of aliphatic imine (C=N–C) groups is 1. The van der Waals surface area contributed by atoms with E-state index >= 15 is 0 Å². The van der Waals surface area contributed by atoms with Gasteiger partial charge in [-0.25, -0.2) is 0 Å². The van der Waals surface area contributed by atoms with Crippen LogP contribution in [0.4, 0.5) is 15.0 Å². The average molecular weight is 1650 g/mol. The summed E-state index contributed by atoms with van der Waals surface area (Å²) in [6.45, 7) is 0.798. The van der Waals surface area contributed by atoms with Crippen molar-refractivity contribution in [3.8, 4) is 78.1 Å². The standard InChI is InChI=1S/2C13H10N4O2S.2C9H10BN3O2.C9H9N3.C9H8N2.C4H2BrNO2S.CH4O.CH3.Pd.H2/c2*1-16-11(12-5-6-13(20-12)17(18)19)8-10(15-16)9-4-2-3-7-14-9;2*1-13-9(10(14)15)6-8(12-13)7-4-2-3-5-11-7;1-12-7-5-9(11-12)8-4-2-3-6-10-8;1-2-6-10-8(4-1)9-5-3-7-11-9;5-3-1-2-4(9-3)6(7)8;1-2;;;/h2*2-8H,1H3;2*2-6,14-15H,1H3;2-7H,1H3;1-6H,7H2;1-2H;2H,1H3;1H3;;1H/q;;;;;;;;-1;;. The van der Waals surface area contributed by atoms with Crippen LogP contribution in [-0.4, -0.2) is 152 Å². The van der Waals surface area contributed by atoms with Crippen LogP contribution in [0.3, 0.4) is 0 Å². The van der Waals surface area contributed by atoms with Crippen LogP contribution in [0.15, 0.2) is 240 Å². The van der Waals surface area contributed by atoms with Gasteiger partial charge in [-0.2, -0.15) is 25.5 Å². The van der Waals surface area contributed by atoms with Gasteiger partial charge in [-0.15, -0.1) is 0 Å². The summed E-state index contributed by atoms with van der Waals surface area (Å²) < 4.78 is 8.82. The van der Waals surface area contributed by atoms with E-state index < -0.39 is 19.2 Å². The second-order valence-corrected chi connectivity index (χ2v) is 25.5. The Morgan fingerprint density at radius 2 is 0.755 bits per heavy atom. The maximum Gasteiger partial charge on any atom is 0.507 e. The Hall–Kier alpha value is -11.3. The number of nitrogens with zero attached hydrogens (tertiary/aromatic N) is 20. The third kappa shape index (κ3) is 24.2. The first-order chi connectivity index (χ1) is 50.2. The number of aliphatic hydroxyl groups excluding tert-OH is 1. The number of pyridine rings is 6. The average Bonchev–Trinajstić information content (AvgIpc) is 1.66. The van der Waals surface area contributed by atoms with E-state index in [0.29, 0.717) is 34.0 Å². The fraction of sp³-hybridized carbons (Fsp3) is 0.103. The fourth-order valence-corrected chi connectivity index (χ4v) is 12.0. The molecule has 0 saturated heterocycles. The minimum Gasteiger partial charge on any atom is -0.422 e. The minimum atomic E-state index is -1.51. The van der Waals surface area contributed by atoms with E-state index in [1.54, 1.807) is 95.7 Å². The van der Waals surface area contributed by atoms with Gasteiger partial charge in [0.1, 0.15) is 28.5 Å². The van der Waals surface area contributed by atoms with E-state index in [0.717, 1.165) is 118 Å².